The summed E-state index contributed by atoms with van der Waals surface area (Å²) in [6, 6.07) is 10.7. The van der Waals surface area contributed by atoms with Gasteiger partial charge in [-0.05, 0) is 68.0 Å². The summed E-state index contributed by atoms with van der Waals surface area (Å²) in [5.74, 6) is -0.650. The number of carbonyl (C=O) groups excluding carboxylic acids is 2. The Balaban J connectivity index is 1.60. The highest BCUT2D eigenvalue weighted by Gasteiger charge is 2.47. The molecule has 2 aromatic carbocycles. The topological polar surface area (TPSA) is 83.6 Å². The second kappa shape index (κ2) is 8.11. The van der Waals surface area contributed by atoms with Crippen LogP contribution in [0.4, 0.5) is 5.69 Å². The fraction of sp³-hybridized carbons (Fsp3) is 0.417. The van der Waals surface area contributed by atoms with Gasteiger partial charge in [-0.15, -0.1) is 0 Å². The number of hydrogen-bond donors (Lipinski definition) is 1. The predicted octanol–water partition coefficient (Wildman–Crippen LogP) is 4.09. The van der Waals surface area contributed by atoms with E-state index in [2.05, 4.69) is 4.72 Å². The molecule has 0 bridgehead atoms. The molecule has 1 saturated carbocycles. The number of nitrogens with zero attached hydrogens (tertiary/aromatic N) is 1. The standard InChI is InChI=1S/C24H28N2O4S/c1-15-8-9-16(2)21(12-15)25-31(29,30)22-13-18(11-10-17(22)3)14-26-23(27)19-6-4-5-7-20(19)24(26)28/h8-13,19-20,25H,4-7,14H2,1-3H3/t19-,20-/m1/s1. The molecule has 0 spiro atoms. The van der Waals surface area contributed by atoms with Gasteiger partial charge in [0.15, 0.2) is 0 Å². The van der Waals surface area contributed by atoms with Crippen molar-refractivity contribution >= 4 is 27.5 Å². The molecule has 164 valence electrons. The molecule has 7 heteroatoms. The van der Waals surface area contributed by atoms with E-state index in [1.54, 1.807) is 31.2 Å². The lowest BCUT2D eigenvalue weighted by atomic mass is 9.81. The van der Waals surface area contributed by atoms with E-state index in [4.69, 9.17) is 0 Å². The van der Waals surface area contributed by atoms with Crippen LogP contribution in [-0.4, -0.2) is 25.1 Å². The monoisotopic (exact) mass is 440 g/mol. The van der Waals surface area contributed by atoms with Gasteiger partial charge < -0.3 is 0 Å². The summed E-state index contributed by atoms with van der Waals surface area (Å²) in [6.45, 7) is 5.61. The number of fused-ring (bicyclic) bond motifs is 1. The Morgan fingerprint density at radius 3 is 2.16 bits per heavy atom. The number of imide groups is 1. The van der Waals surface area contributed by atoms with Crippen molar-refractivity contribution in [2.45, 2.75) is 57.9 Å². The van der Waals surface area contributed by atoms with Crippen LogP contribution < -0.4 is 4.72 Å². The summed E-state index contributed by atoms with van der Waals surface area (Å²) in [4.78, 5) is 27.1. The molecule has 1 aliphatic heterocycles. The molecule has 4 rings (SSSR count). The molecule has 1 saturated heterocycles. The third-order valence-electron chi connectivity index (χ3n) is 6.45. The average Bonchev–Trinajstić information content (AvgIpc) is 2.97. The minimum absolute atomic E-state index is 0.108. The van der Waals surface area contributed by atoms with E-state index in [0.29, 0.717) is 16.8 Å². The van der Waals surface area contributed by atoms with Gasteiger partial charge in [0.1, 0.15) is 0 Å². The van der Waals surface area contributed by atoms with Crippen molar-refractivity contribution in [1.29, 1.82) is 0 Å². The first-order chi connectivity index (χ1) is 14.7. The normalized spacial score (nSPS) is 21.3. The van der Waals surface area contributed by atoms with Gasteiger partial charge in [0.25, 0.3) is 10.0 Å². The van der Waals surface area contributed by atoms with E-state index < -0.39 is 10.0 Å². The first-order valence-corrected chi connectivity index (χ1v) is 12.2. The van der Waals surface area contributed by atoms with Crippen LogP contribution >= 0.6 is 0 Å². The Bertz CT molecular complexity index is 1130. The number of benzene rings is 2. The molecule has 2 aliphatic rings. The Morgan fingerprint density at radius 2 is 1.52 bits per heavy atom. The Labute approximate surface area is 183 Å². The van der Waals surface area contributed by atoms with E-state index in [1.165, 1.54) is 4.90 Å². The van der Waals surface area contributed by atoms with Crippen LogP contribution in [0.1, 0.15) is 47.9 Å². The number of carbonyl (C=O) groups is 2. The zero-order chi connectivity index (χ0) is 22.3. The number of hydrogen-bond acceptors (Lipinski definition) is 4. The minimum Gasteiger partial charge on any atom is -0.279 e. The number of nitrogens with one attached hydrogen (secondary N) is 1. The zero-order valence-electron chi connectivity index (χ0n) is 18.1. The molecule has 0 aromatic heterocycles. The highest BCUT2D eigenvalue weighted by Crippen LogP contribution is 2.38. The fourth-order valence-corrected chi connectivity index (χ4v) is 6.07. The Hall–Kier alpha value is -2.67. The predicted molar refractivity (Wildman–Crippen MR) is 119 cm³/mol. The van der Waals surface area contributed by atoms with Gasteiger partial charge in [-0.25, -0.2) is 8.42 Å². The smallest absolute Gasteiger partial charge is 0.262 e. The highest BCUT2D eigenvalue weighted by molar-refractivity contribution is 7.92. The molecule has 6 nitrogen and oxygen atoms in total. The Morgan fingerprint density at radius 1 is 0.903 bits per heavy atom. The number of sulfonamides is 1. The first-order valence-electron chi connectivity index (χ1n) is 10.7. The van der Waals surface area contributed by atoms with Crippen molar-refractivity contribution in [3.05, 3.63) is 58.7 Å². The van der Waals surface area contributed by atoms with E-state index in [0.717, 1.165) is 36.8 Å². The summed E-state index contributed by atoms with van der Waals surface area (Å²) in [5, 5.41) is 0. The van der Waals surface area contributed by atoms with Gasteiger partial charge in [-0.1, -0.05) is 37.1 Å². The quantitative estimate of drug-likeness (QED) is 0.710. The molecular weight excluding hydrogens is 412 g/mol. The summed E-state index contributed by atoms with van der Waals surface area (Å²) >= 11 is 0. The van der Waals surface area contributed by atoms with E-state index in [-0.39, 0.29) is 35.1 Å². The Kier molecular flexibility index (Phi) is 5.64. The van der Waals surface area contributed by atoms with Gasteiger partial charge in [-0.2, -0.15) is 0 Å². The third-order valence-corrected chi connectivity index (χ3v) is 7.96. The number of aryl methyl sites for hydroxylation is 3. The van der Waals surface area contributed by atoms with Gasteiger partial charge in [0.05, 0.1) is 29.0 Å². The molecule has 31 heavy (non-hydrogen) atoms. The van der Waals surface area contributed by atoms with Crippen LogP contribution in [0.15, 0.2) is 41.3 Å². The van der Waals surface area contributed by atoms with E-state index >= 15 is 0 Å². The van der Waals surface area contributed by atoms with E-state index in [1.807, 2.05) is 26.0 Å². The first kappa shape index (κ1) is 21.6. The van der Waals surface area contributed by atoms with Crippen molar-refractivity contribution in [3.8, 4) is 0 Å². The van der Waals surface area contributed by atoms with Crippen LogP contribution in [0.2, 0.25) is 0 Å². The summed E-state index contributed by atoms with van der Waals surface area (Å²) in [6.07, 6.45) is 3.48. The van der Waals surface area contributed by atoms with Crippen LogP contribution in [0.3, 0.4) is 0 Å². The van der Waals surface area contributed by atoms with Crippen molar-refractivity contribution in [3.63, 3.8) is 0 Å². The summed E-state index contributed by atoms with van der Waals surface area (Å²) in [5.41, 5.74) is 3.57. The molecule has 2 amide bonds. The SMILES string of the molecule is Cc1ccc(C)c(NS(=O)(=O)c2cc(CN3C(=O)[C@@H]4CCCC[C@H]4C3=O)ccc2C)c1. The van der Waals surface area contributed by atoms with Crippen LogP contribution in [0.5, 0.6) is 0 Å². The molecule has 1 heterocycles. The number of anilines is 1. The van der Waals surface area contributed by atoms with Crippen molar-refractivity contribution in [1.82, 2.24) is 4.90 Å². The summed E-state index contributed by atoms with van der Waals surface area (Å²) < 4.78 is 29.0. The highest BCUT2D eigenvalue weighted by atomic mass is 32.2. The maximum absolute atomic E-state index is 13.2. The van der Waals surface area contributed by atoms with Crippen molar-refractivity contribution < 1.29 is 18.0 Å². The maximum Gasteiger partial charge on any atom is 0.262 e. The van der Waals surface area contributed by atoms with Crippen molar-refractivity contribution in [2.24, 2.45) is 11.8 Å². The molecule has 0 unspecified atom stereocenters. The number of amides is 2. The van der Waals surface area contributed by atoms with Crippen LogP contribution in [-0.2, 0) is 26.2 Å². The second-order valence-electron chi connectivity index (χ2n) is 8.78. The van der Waals surface area contributed by atoms with Crippen molar-refractivity contribution in [2.75, 3.05) is 4.72 Å². The summed E-state index contributed by atoms with van der Waals surface area (Å²) in [7, 11) is -3.83. The minimum atomic E-state index is -3.83. The second-order valence-corrected chi connectivity index (χ2v) is 10.4. The van der Waals surface area contributed by atoms with Gasteiger partial charge in [0, 0.05) is 0 Å². The number of likely N-dealkylation sites (tertiary alicyclic amines) is 1. The zero-order valence-corrected chi connectivity index (χ0v) is 19.0. The lowest BCUT2D eigenvalue weighted by molar-refractivity contribution is -0.140. The molecule has 0 radical (unpaired) electrons. The molecule has 2 fully saturated rings. The van der Waals surface area contributed by atoms with Gasteiger partial charge in [-0.3, -0.25) is 19.2 Å². The fourth-order valence-electron chi connectivity index (χ4n) is 4.65. The average molecular weight is 441 g/mol. The van der Waals surface area contributed by atoms with Crippen LogP contribution in [0, 0.1) is 32.6 Å². The lowest BCUT2D eigenvalue weighted by Crippen LogP contribution is -2.30. The molecule has 2 atom stereocenters. The third kappa shape index (κ3) is 4.11. The van der Waals surface area contributed by atoms with Gasteiger partial charge in [0.2, 0.25) is 11.8 Å². The molecular formula is C24H28N2O4S. The largest absolute Gasteiger partial charge is 0.279 e. The maximum atomic E-state index is 13.2. The lowest BCUT2D eigenvalue weighted by Gasteiger charge is -2.19. The molecule has 1 aliphatic carbocycles. The molecule has 2 aromatic rings. The van der Waals surface area contributed by atoms with Crippen LogP contribution in [0.25, 0.3) is 0 Å². The van der Waals surface area contributed by atoms with Gasteiger partial charge >= 0.3 is 0 Å². The number of rotatable bonds is 5. The molecule has 1 N–H and O–H groups in total. The van der Waals surface area contributed by atoms with E-state index in [9.17, 15) is 18.0 Å².